The number of rotatable bonds is 4. The van der Waals surface area contributed by atoms with Crippen LogP contribution in [-0.2, 0) is 9.59 Å². The van der Waals surface area contributed by atoms with Crippen molar-refractivity contribution in [1.29, 1.82) is 0 Å². The van der Waals surface area contributed by atoms with Gasteiger partial charge >= 0.3 is 0 Å². The molecular formula is C20H27FN2O2. The number of nitrogens with zero attached hydrogens (tertiary/aromatic N) is 1. The zero-order valence-electron chi connectivity index (χ0n) is 14.7. The molecule has 25 heavy (non-hydrogen) atoms. The Kier molecular flexibility index (Phi) is 6.05. The van der Waals surface area contributed by atoms with Gasteiger partial charge in [0, 0.05) is 19.0 Å². The lowest BCUT2D eigenvalue weighted by Gasteiger charge is -2.32. The minimum Gasteiger partial charge on any atom is -0.351 e. The average Bonchev–Trinajstić information content (AvgIpc) is 2.83. The van der Waals surface area contributed by atoms with E-state index >= 15 is 0 Å². The molecule has 1 saturated heterocycles. The summed E-state index contributed by atoms with van der Waals surface area (Å²) in [6, 6.07) is 5.49. The summed E-state index contributed by atoms with van der Waals surface area (Å²) in [6.07, 6.45) is 8.74. The molecule has 1 atom stereocenters. The molecule has 1 aliphatic carbocycles. The van der Waals surface area contributed by atoms with Crippen LogP contribution in [0, 0.1) is 5.82 Å². The molecule has 0 radical (unpaired) electrons. The Hall–Kier alpha value is -1.91. The van der Waals surface area contributed by atoms with Crippen LogP contribution in [0.25, 0.3) is 0 Å². The molecule has 136 valence electrons. The largest absolute Gasteiger partial charge is 0.351 e. The second-order valence-corrected chi connectivity index (χ2v) is 7.20. The first-order valence-corrected chi connectivity index (χ1v) is 9.50. The highest BCUT2D eigenvalue weighted by atomic mass is 19.1. The van der Waals surface area contributed by atoms with E-state index in [1.165, 1.54) is 18.6 Å². The molecule has 4 nitrogen and oxygen atoms in total. The van der Waals surface area contributed by atoms with Crippen molar-refractivity contribution in [2.75, 3.05) is 6.54 Å². The molecule has 5 heteroatoms. The molecule has 2 amide bonds. The third kappa shape index (κ3) is 4.59. The zero-order valence-corrected chi connectivity index (χ0v) is 14.7. The predicted octanol–water partition coefficient (Wildman–Crippen LogP) is 3.72. The van der Waals surface area contributed by atoms with E-state index < -0.39 is 6.04 Å². The molecule has 1 unspecified atom stereocenters. The summed E-state index contributed by atoms with van der Waals surface area (Å²) in [5.41, 5.74) is 0.685. The summed E-state index contributed by atoms with van der Waals surface area (Å²) in [4.78, 5) is 27.3. The molecule has 1 aliphatic heterocycles. The van der Waals surface area contributed by atoms with Crippen molar-refractivity contribution in [2.24, 2.45) is 0 Å². The van der Waals surface area contributed by atoms with Crippen LogP contribution in [0.4, 0.5) is 4.39 Å². The maximum atomic E-state index is 13.3. The van der Waals surface area contributed by atoms with Crippen LogP contribution in [0.2, 0.25) is 0 Å². The van der Waals surface area contributed by atoms with Gasteiger partial charge in [-0.3, -0.25) is 9.59 Å². The van der Waals surface area contributed by atoms with Crippen molar-refractivity contribution in [3.63, 3.8) is 0 Å². The normalized spacial score (nSPS) is 20.8. The number of carbonyl (C=O) groups is 2. The lowest BCUT2D eigenvalue weighted by Crippen LogP contribution is -2.47. The first-order valence-electron chi connectivity index (χ1n) is 9.50. The van der Waals surface area contributed by atoms with Crippen molar-refractivity contribution in [3.05, 3.63) is 35.6 Å². The molecule has 1 heterocycles. The van der Waals surface area contributed by atoms with Gasteiger partial charge in [0.15, 0.2) is 0 Å². The number of likely N-dealkylation sites (tertiary alicyclic amines) is 1. The molecule has 1 saturated carbocycles. The maximum Gasteiger partial charge on any atom is 0.247 e. The van der Waals surface area contributed by atoms with Crippen LogP contribution >= 0.6 is 0 Å². The van der Waals surface area contributed by atoms with Crippen LogP contribution in [0.3, 0.4) is 0 Å². The first kappa shape index (κ1) is 17.9. The Morgan fingerprint density at radius 1 is 1.04 bits per heavy atom. The molecule has 1 N–H and O–H groups in total. The fourth-order valence-corrected chi connectivity index (χ4v) is 3.92. The van der Waals surface area contributed by atoms with Crippen molar-refractivity contribution in [3.8, 4) is 0 Å². The van der Waals surface area contributed by atoms with Crippen molar-refractivity contribution in [2.45, 2.75) is 69.9 Å². The third-order valence-corrected chi connectivity index (χ3v) is 5.31. The molecule has 0 spiro atoms. The van der Waals surface area contributed by atoms with Crippen molar-refractivity contribution < 1.29 is 14.0 Å². The third-order valence-electron chi connectivity index (χ3n) is 5.31. The van der Waals surface area contributed by atoms with Gasteiger partial charge in [-0.2, -0.15) is 0 Å². The highest BCUT2D eigenvalue weighted by Crippen LogP contribution is 2.27. The van der Waals surface area contributed by atoms with E-state index in [-0.39, 0.29) is 23.7 Å². The van der Waals surface area contributed by atoms with Crippen LogP contribution in [0.1, 0.15) is 69.4 Å². The van der Waals surface area contributed by atoms with E-state index in [1.54, 1.807) is 17.0 Å². The van der Waals surface area contributed by atoms with Gasteiger partial charge in [-0.25, -0.2) is 4.39 Å². The van der Waals surface area contributed by atoms with Gasteiger partial charge in [0.25, 0.3) is 0 Å². The molecule has 0 bridgehead atoms. The SMILES string of the molecule is O=C(NC1CCCCC1)C(c1ccc(F)cc1)N1CCCCCC1=O. The molecule has 2 aliphatic rings. The van der Waals surface area contributed by atoms with E-state index in [4.69, 9.17) is 0 Å². The van der Waals surface area contributed by atoms with Crippen LogP contribution in [-0.4, -0.2) is 29.3 Å². The van der Waals surface area contributed by atoms with Gasteiger partial charge < -0.3 is 10.2 Å². The van der Waals surface area contributed by atoms with Crippen LogP contribution < -0.4 is 5.32 Å². The number of nitrogens with one attached hydrogen (secondary N) is 1. The first-order chi connectivity index (χ1) is 12.1. The number of benzene rings is 1. The summed E-state index contributed by atoms with van der Waals surface area (Å²) in [7, 11) is 0. The van der Waals surface area contributed by atoms with Gasteiger partial charge in [0.1, 0.15) is 11.9 Å². The monoisotopic (exact) mass is 346 g/mol. The summed E-state index contributed by atoms with van der Waals surface area (Å²) >= 11 is 0. The lowest BCUT2D eigenvalue weighted by atomic mass is 9.94. The van der Waals surface area contributed by atoms with Gasteiger partial charge in [-0.1, -0.05) is 37.8 Å². The smallest absolute Gasteiger partial charge is 0.247 e. The Bertz CT molecular complexity index is 596. The summed E-state index contributed by atoms with van der Waals surface area (Å²) in [5, 5.41) is 3.14. The van der Waals surface area contributed by atoms with Gasteiger partial charge in [-0.15, -0.1) is 0 Å². The minimum atomic E-state index is -0.659. The maximum absolute atomic E-state index is 13.3. The Balaban J connectivity index is 1.83. The minimum absolute atomic E-state index is 0.0191. The van der Waals surface area contributed by atoms with Gasteiger partial charge in [-0.05, 0) is 43.4 Å². The van der Waals surface area contributed by atoms with E-state index in [0.29, 0.717) is 18.5 Å². The molecule has 0 aromatic heterocycles. The van der Waals surface area contributed by atoms with Crippen molar-refractivity contribution in [1.82, 2.24) is 10.2 Å². The quantitative estimate of drug-likeness (QED) is 0.903. The Morgan fingerprint density at radius 2 is 1.72 bits per heavy atom. The Morgan fingerprint density at radius 3 is 2.44 bits per heavy atom. The second kappa shape index (κ2) is 8.45. The molecule has 1 aromatic rings. The number of carbonyl (C=O) groups excluding carboxylic acids is 2. The standard InChI is InChI=1S/C20H27FN2O2/c21-16-12-10-15(11-13-16)19(23-14-6-2-5-9-18(23)24)20(25)22-17-7-3-1-4-8-17/h10-13,17,19H,1-9,14H2,(H,22,25). The molecule has 1 aromatic carbocycles. The van der Waals surface area contributed by atoms with E-state index in [1.807, 2.05) is 0 Å². The Labute approximate surface area is 148 Å². The van der Waals surface area contributed by atoms with Crippen molar-refractivity contribution >= 4 is 11.8 Å². The summed E-state index contributed by atoms with van der Waals surface area (Å²) in [5.74, 6) is -0.447. The van der Waals surface area contributed by atoms with Gasteiger partial charge in [0.05, 0.1) is 0 Å². The second-order valence-electron chi connectivity index (χ2n) is 7.20. The molecular weight excluding hydrogens is 319 g/mol. The fourth-order valence-electron chi connectivity index (χ4n) is 3.92. The van der Waals surface area contributed by atoms with Gasteiger partial charge in [0.2, 0.25) is 11.8 Å². The number of hydrogen-bond acceptors (Lipinski definition) is 2. The lowest BCUT2D eigenvalue weighted by molar-refractivity contribution is -0.140. The highest BCUT2D eigenvalue weighted by molar-refractivity contribution is 5.89. The predicted molar refractivity (Wildman–Crippen MR) is 94.3 cm³/mol. The van der Waals surface area contributed by atoms with E-state index in [2.05, 4.69) is 5.32 Å². The van der Waals surface area contributed by atoms with Crippen LogP contribution in [0.5, 0.6) is 0 Å². The number of hydrogen-bond donors (Lipinski definition) is 1. The fraction of sp³-hybridized carbons (Fsp3) is 0.600. The zero-order chi connectivity index (χ0) is 17.6. The summed E-state index contributed by atoms with van der Waals surface area (Å²) in [6.45, 7) is 0.582. The number of halogens is 1. The van der Waals surface area contributed by atoms with E-state index in [0.717, 1.165) is 44.9 Å². The topological polar surface area (TPSA) is 49.4 Å². The summed E-state index contributed by atoms with van der Waals surface area (Å²) < 4.78 is 13.3. The number of amides is 2. The molecule has 3 rings (SSSR count). The molecule has 2 fully saturated rings. The van der Waals surface area contributed by atoms with Crippen LogP contribution in [0.15, 0.2) is 24.3 Å². The average molecular weight is 346 g/mol. The highest BCUT2D eigenvalue weighted by Gasteiger charge is 2.33. The van der Waals surface area contributed by atoms with E-state index in [9.17, 15) is 14.0 Å².